The van der Waals surface area contributed by atoms with Gasteiger partial charge in [-0.15, -0.1) is 0 Å². The molecule has 0 unspecified atom stereocenters. The second kappa shape index (κ2) is 13.4. The highest BCUT2D eigenvalue weighted by atomic mass is 35.5. The monoisotopic (exact) mass is 567 g/mol. The summed E-state index contributed by atoms with van der Waals surface area (Å²) in [5.41, 5.74) is 3.27. The average Bonchev–Trinajstić information content (AvgIpc) is 3.43. The lowest BCUT2D eigenvalue weighted by atomic mass is 9.97. The zero-order valence-corrected chi connectivity index (χ0v) is 24.4. The van der Waals surface area contributed by atoms with Gasteiger partial charge in [-0.2, -0.15) is 0 Å². The van der Waals surface area contributed by atoms with Gasteiger partial charge in [-0.1, -0.05) is 61.3 Å². The predicted octanol–water partition coefficient (Wildman–Crippen LogP) is 8.76. The molecule has 1 aromatic heterocycles. The van der Waals surface area contributed by atoms with Gasteiger partial charge < -0.3 is 14.2 Å². The highest BCUT2D eigenvalue weighted by Gasteiger charge is 2.23. The number of carbonyl (C=O) groups excluding carboxylic acids is 1. The normalized spacial score (nSPS) is 14.9. The summed E-state index contributed by atoms with van der Waals surface area (Å²) in [6, 6.07) is 13.6. The Hall–Kier alpha value is -3.02. The molecule has 206 valence electrons. The minimum atomic E-state index is -0.489. The number of nitrogens with zero attached hydrogens (tertiary/aromatic N) is 1. The van der Waals surface area contributed by atoms with Crippen molar-refractivity contribution in [3.8, 4) is 11.5 Å². The van der Waals surface area contributed by atoms with Gasteiger partial charge in [0.2, 0.25) is 0 Å². The molecule has 1 aliphatic rings. The molecule has 4 rings (SSSR count). The third-order valence-electron chi connectivity index (χ3n) is 6.90. The summed E-state index contributed by atoms with van der Waals surface area (Å²) in [6.45, 7) is 6.21. The van der Waals surface area contributed by atoms with Crippen LogP contribution in [0.1, 0.15) is 74.6 Å². The molecule has 1 fully saturated rings. The molecule has 7 heteroatoms. The maximum atomic E-state index is 13.4. The zero-order chi connectivity index (χ0) is 27.9. The van der Waals surface area contributed by atoms with E-state index in [9.17, 15) is 4.79 Å². The van der Waals surface area contributed by atoms with Gasteiger partial charge in [0, 0.05) is 23.5 Å². The molecule has 0 spiro atoms. The number of methoxy groups -OCH3 is 1. The molecule has 1 heterocycles. The first kappa shape index (κ1) is 29.0. The van der Waals surface area contributed by atoms with E-state index in [1.165, 1.54) is 18.0 Å². The largest absolute Gasteiger partial charge is 0.493 e. The fourth-order valence-corrected chi connectivity index (χ4v) is 5.19. The summed E-state index contributed by atoms with van der Waals surface area (Å²) < 4.78 is 17.9. The van der Waals surface area contributed by atoms with Crippen molar-refractivity contribution in [3.63, 3.8) is 0 Å². The van der Waals surface area contributed by atoms with E-state index in [0.717, 1.165) is 37.7 Å². The number of carbonyl (C=O) groups is 1. The van der Waals surface area contributed by atoms with Crippen molar-refractivity contribution in [2.75, 3.05) is 7.11 Å². The number of benzene rings is 2. The molecule has 0 aliphatic heterocycles. The van der Waals surface area contributed by atoms with Crippen molar-refractivity contribution in [1.29, 1.82) is 0 Å². The van der Waals surface area contributed by atoms with Crippen LogP contribution in [0.5, 0.6) is 11.5 Å². The molecule has 3 aromatic rings. The summed E-state index contributed by atoms with van der Waals surface area (Å²) in [6.07, 6.45) is 10.1. The van der Waals surface area contributed by atoms with Crippen LogP contribution in [-0.4, -0.2) is 24.2 Å². The Bertz CT molecular complexity index is 1290. The van der Waals surface area contributed by atoms with Crippen LogP contribution >= 0.6 is 23.2 Å². The first-order valence-corrected chi connectivity index (χ1v) is 14.2. The van der Waals surface area contributed by atoms with Crippen molar-refractivity contribution in [2.24, 2.45) is 5.92 Å². The lowest BCUT2D eigenvalue weighted by Crippen LogP contribution is -2.14. The molecular weight excluding hydrogens is 533 g/mol. The highest BCUT2D eigenvalue weighted by molar-refractivity contribution is 6.37. The number of halogens is 2. The van der Waals surface area contributed by atoms with Gasteiger partial charge in [0.1, 0.15) is 5.76 Å². The number of hydrogen-bond acceptors (Lipinski definition) is 5. The van der Waals surface area contributed by atoms with E-state index in [4.69, 9.17) is 37.4 Å². The standard InChI is InChI=1S/C32H35Cl2NO4/c1-20(2)15-22-9-11-23(12-10-22)21(3)32(36)39-30(17-26-27(33)18-35-19-28(26)34)24-13-14-29(37-4)31(16-24)38-25-7-5-6-8-25/h9-14,16-21,25H,5-8,15H2,1-4H3/b30-17+/t21-/m0/s1. The van der Waals surface area contributed by atoms with E-state index in [-0.39, 0.29) is 6.10 Å². The van der Waals surface area contributed by atoms with Crippen LogP contribution in [0, 0.1) is 5.92 Å². The molecule has 5 nitrogen and oxygen atoms in total. The number of ether oxygens (including phenoxy) is 3. The maximum Gasteiger partial charge on any atom is 0.318 e. The molecule has 1 aliphatic carbocycles. The van der Waals surface area contributed by atoms with Crippen LogP contribution in [0.15, 0.2) is 54.9 Å². The van der Waals surface area contributed by atoms with Gasteiger partial charge in [-0.3, -0.25) is 9.78 Å². The summed E-state index contributed by atoms with van der Waals surface area (Å²) in [4.78, 5) is 17.5. The molecule has 0 saturated heterocycles. The molecule has 1 saturated carbocycles. The maximum absolute atomic E-state index is 13.4. The Labute approximate surface area is 241 Å². The molecule has 0 amide bonds. The van der Waals surface area contributed by atoms with E-state index in [2.05, 4.69) is 31.0 Å². The van der Waals surface area contributed by atoms with Gasteiger partial charge in [0.15, 0.2) is 11.5 Å². The summed E-state index contributed by atoms with van der Waals surface area (Å²) in [5, 5.41) is 0.696. The second-order valence-corrected chi connectivity index (χ2v) is 11.2. The lowest BCUT2D eigenvalue weighted by molar-refractivity contribution is -0.137. The van der Waals surface area contributed by atoms with E-state index < -0.39 is 11.9 Å². The Balaban J connectivity index is 1.67. The van der Waals surface area contributed by atoms with Gasteiger partial charge in [0.25, 0.3) is 0 Å². The highest BCUT2D eigenvalue weighted by Crippen LogP contribution is 2.36. The van der Waals surface area contributed by atoms with Crippen molar-refractivity contribution < 1.29 is 19.0 Å². The van der Waals surface area contributed by atoms with Crippen LogP contribution in [0.4, 0.5) is 0 Å². The van der Waals surface area contributed by atoms with Crippen LogP contribution in [0.3, 0.4) is 0 Å². The van der Waals surface area contributed by atoms with Crippen molar-refractivity contribution >= 4 is 41.0 Å². The fraction of sp³-hybridized carbons (Fsp3) is 0.375. The number of aromatic nitrogens is 1. The molecule has 2 aromatic carbocycles. The number of esters is 1. The van der Waals surface area contributed by atoms with Crippen LogP contribution in [0.25, 0.3) is 11.8 Å². The van der Waals surface area contributed by atoms with Gasteiger partial charge in [-0.25, -0.2) is 0 Å². The molecule has 0 bridgehead atoms. The Kier molecular flexibility index (Phi) is 9.93. The first-order chi connectivity index (χ1) is 18.7. The molecule has 0 radical (unpaired) electrons. The minimum Gasteiger partial charge on any atom is -0.493 e. The van der Waals surface area contributed by atoms with Crippen molar-refractivity contribution in [1.82, 2.24) is 4.98 Å². The molecular formula is C32H35Cl2NO4. The number of pyridine rings is 1. The summed E-state index contributed by atoms with van der Waals surface area (Å²) >= 11 is 12.8. The van der Waals surface area contributed by atoms with Crippen molar-refractivity contribution in [3.05, 3.63) is 87.2 Å². The Morgan fingerprint density at radius 2 is 1.67 bits per heavy atom. The first-order valence-electron chi connectivity index (χ1n) is 13.4. The minimum absolute atomic E-state index is 0.131. The SMILES string of the molecule is COc1ccc(/C(=C\c2c(Cl)cncc2Cl)OC(=O)[C@@H](C)c2ccc(CC(C)C)cc2)cc1OC1CCCC1. The predicted molar refractivity (Wildman–Crippen MR) is 157 cm³/mol. The summed E-state index contributed by atoms with van der Waals surface area (Å²) in [7, 11) is 1.61. The van der Waals surface area contributed by atoms with E-state index in [0.29, 0.717) is 44.3 Å². The van der Waals surface area contributed by atoms with E-state index >= 15 is 0 Å². The van der Waals surface area contributed by atoms with Crippen LogP contribution in [0.2, 0.25) is 10.0 Å². The van der Waals surface area contributed by atoms with E-state index in [1.54, 1.807) is 13.2 Å². The number of hydrogen-bond donors (Lipinski definition) is 0. The zero-order valence-electron chi connectivity index (χ0n) is 22.9. The number of rotatable bonds is 10. The topological polar surface area (TPSA) is 57.7 Å². The van der Waals surface area contributed by atoms with Crippen LogP contribution in [-0.2, 0) is 16.0 Å². The molecule has 1 atom stereocenters. The lowest BCUT2D eigenvalue weighted by Gasteiger charge is -2.19. The van der Waals surface area contributed by atoms with Gasteiger partial charge >= 0.3 is 5.97 Å². The Morgan fingerprint density at radius 1 is 1.00 bits per heavy atom. The second-order valence-electron chi connectivity index (χ2n) is 10.4. The smallest absolute Gasteiger partial charge is 0.318 e. The van der Waals surface area contributed by atoms with Crippen molar-refractivity contribution in [2.45, 2.75) is 64.9 Å². The van der Waals surface area contributed by atoms with E-state index in [1.807, 2.05) is 37.3 Å². The third-order valence-corrected chi connectivity index (χ3v) is 7.50. The fourth-order valence-electron chi connectivity index (χ4n) is 4.72. The average molecular weight is 569 g/mol. The summed E-state index contributed by atoms with van der Waals surface area (Å²) in [5.74, 6) is 1.20. The van der Waals surface area contributed by atoms with Crippen LogP contribution < -0.4 is 9.47 Å². The third kappa shape index (κ3) is 7.55. The Morgan fingerprint density at radius 3 is 2.28 bits per heavy atom. The molecule has 39 heavy (non-hydrogen) atoms. The van der Waals surface area contributed by atoms with Gasteiger partial charge in [-0.05, 0) is 80.3 Å². The van der Waals surface area contributed by atoms with Gasteiger partial charge in [0.05, 0.1) is 29.2 Å². The molecule has 0 N–H and O–H groups in total. The quantitative estimate of drug-likeness (QED) is 0.181.